The average molecular weight is 348 g/mol. The summed E-state index contributed by atoms with van der Waals surface area (Å²) in [6.45, 7) is 0. The zero-order chi connectivity index (χ0) is 17.2. The van der Waals surface area contributed by atoms with Crippen molar-refractivity contribution in [3.05, 3.63) is 89.8 Å². The van der Waals surface area contributed by atoms with Crippen molar-refractivity contribution in [1.29, 1.82) is 0 Å². The molecule has 1 N–H and O–H groups in total. The molecule has 5 heteroatoms. The van der Waals surface area contributed by atoms with Gasteiger partial charge in [0.25, 0.3) is 5.91 Å². The molecule has 1 amide bonds. The van der Waals surface area contributed by atoms with Crippen LogP contribution in [0.5, 0.6) is 0 Å². The second-order valence-electron chi connectivity index (χ2n) is 5.59. The minimum Gasteiger partial charge on any atom is -0.323 e. The number of hydrogen-bond donors (Lipinski definition) is 1. The maximum Gasteiger partial charge on any atom is 0.257 e. The maximum absolute atomic E-state index is 12.9. The summed E-state index contributed by atoms with van der Waals surface area (Å²) in [5.74, 6) is -0.232. The zero-order valence-electron chi connectivity index (χ0n) is 13.2. The van der Waals surface area contributed by atoms with E-state index in [1.807, 2.05) is 65.5 Å². The average Bonchev–Trinajstić information content (AvgIpc) is 3.16. The van der Waals surface area contributed by atoms with E-state index in [4.69, 9.17) is 11.6 Å². The van der Waals surface area contributed by atoms with Gasteiger partial charge in [0.15, 0.2) is 0 Å². The van der Waals surface area contributed by atoms with E-state index in [1.165, 1.54) is 0 Å². The van der Waals surface area contributed by atoms with Crippen LogP contribution in [-0.4, -0.2) is 15.5 Å². The first-order chi connectivity index (χ1) is 12.2. The predicted octanol–water partition coefficient (Wildman–Crippen LogP) is 4.93. The molecule has 0 atom stereocenters. The number of pyridine rings is 1. The van der Waals surface area contributed by atoms with Crippen LogP contribution in [-0.2, 0) is 0 Å². The van der Waals surface area contributed by atoms with Crippen molar-refractivity contribution in [2.24, 2.45) is 0 Å². The van der Waals surface area contributed by atoms with Gasteiger partial charge in [0, 0.05) is 29.0 Å². The lowest BCUT2D eigenvalue weighted by molar-refractivity contribution is 0.102. The van der Waals surface area contributed by atoms with E-state index < -0.39 is 0 Å². The molecule has 4 aromatic rings. The first-order valence-corrected chi connectivity index (χ1v) is 8.18. The number of fused-ring (bicyclic) bond motifs is 1. The number of amides is 1. The molecule has 4 nitrogen and oxygen atoms in total. The van der Waals surface area contributed by atoms with E-state index in [0.717, 1.165) is 16.6 Å². The van der Waals surface area contributed by atoms with E-state index in [9.17, 15) is 4.79 Å². The number of aromatic nitrogens is 2. The lowest BCUT2D eigenvalue weighted by Crippen LogP contribution is -2.15. The second kappa shape index (κ2) is 6.42. The highest BCUT2D eigenvalue weighted by Gasteiger charge is 2.15. The number of hydrogen-bond acceptors (Lipinski definition) is 2. The Kier molecular flexibility index (Phi) is 3.96. The largest absolute Gasteiger partial charge is 0.323 e. The Labute approximate surface area is 149 Å². The molecule has 25 heavy (non-hydrogen) atoms. The molecule has 0 radical (unpaired) electrons. The van der Waals surface area contributed by atoms with Crippen molar-refractivity contribution in [3.63, 3.8) is 0 Å². The third kappa shape index (κ3) is 2.99. The lowest BCUT2D eigenvalue weighted by Gasteiger charge is -2.13. The fourth-order valence-corrected chi connectivity index (χ4v) is 2.98. The van der Waals surface area contributed by atoms with Gasteiger partial charge < -0.3 is 9.88 Å². The molecule has 2 aromatic heterocycles. The Morgan fingerprint density at radius 2 is 1.80 bits per heavy atom. The van der Waals surface area contributed by atoms with Crippen LogP contribution in [0.3, 0.4) is 0 Å². The number of anilines is 1. The first kappa shape index (κ1) is 15.4. The van der Waals surface area contributed by atoms with Gasteiger partial charge in [0.05, 0.1) is 22.5 Å². The van der Waals surface area contributed by atoms with Crippen molar-refractivity contribution < 1.29 is 4.79 Å². The number of para-hydroxylation sites is 1. The van der Waals surface area contributed by atoms with Gasteiger partial charge in [-0.15, -0.1) is 0 Å². The van der Waals surface area contributed by atoms with Crippen LogP contribution in [0.4, 0.5) is 5.69 Å². The molecule has 0 saturated carbocycles. The number of halogens is 1. The van der Waals surface area contributed by atoms with Crippen LogP contribution in [0.2, 0.25) is 5.02 Å². The van der Waals surface area contributed by atoms with Gasteiger partial charge in [-0.25, -0.2) is 0 Å². The third-order valence-electron chi connectivity index (χ3n) is 3.97. The molecule has 0 aliphatic carbocycles. The summed E-state index contributed by atoms with van der Waals surface area (Å²) >= 11 is 6.12. The summed E-state index contributed by atoms with van der Waals surface area (Å²) < 4.78 is 1.88. The Balaban J connectivity index is 1.75. The Hall–Kier alpha value is -3.11. The smallest absolute Gasteiger partial charge is 0.257 e. The topological polar surface area (TPSA) is 46.9 Å². The van der Waals surface area contributed by atoms with Crippen LogP contribution < -0.4 is 5.32 Å². The van der Waals surface area contributed by atoms with Crippen LogP contribution >= 0.6 is 11.6 Å². The molecule has 0 aliphatic heterocycles. The van der Waals surface area contributed by atoms with Gasteiger partial charge in [0.1, 0.15) is 0 Å². The summed E-state index contributed by atoms with van der Waals surface area (Å²) in [4.78, 5) is 17.3. The van der Waals surface area contributed by atoms with Crippen LogP contribution in [0.15, 0.2) is 79.3 Å². The lowest BCUT2D eigenvalue weighted by atomic mass is 10.1. The highest BCUT2D eigenvalue weighted by molar-refractivity contribution is 6.31. The van der Waals surface area contributed by atoms with Crippen LogP contribution in [0, 0.1) is 0 Å². The zero-order valence-corrected chi connectivity index (χ0v) is 13.9. The number of nitrogens with zero attached hydrogens (tertiary/aromatic N) is 2. The summed E-state index contributed by atoms with van der Waals surface area (Å²) in [5, 5.41) is 4.44. The summed E-state index contributed by atoms with van der Waals surface area (Å²) in [6, 6.07) is 18.6. The number of carbonyl (C=O) groups is 1. The highest BCUT2D eigenvalue weighted by Crippen LogP contribution is 2.24. The van der Waals surface area contributed by atoms with E-state index in [1.54, 1.807) is 18.3 Å². The Bertz CT molecular complexity index is 1050. The SMILES string of the molecule is O=C(Nc1cccc2cccnc12)c1cc(Cl)ccc1-n1cccc1. The quantitative estimate of drug-likeness (QED) is 0.571. The molecule has 0 aliphatic rings. The van der Waals surface area contributed by atoms with Crippen LogP contribution in [0.1, 0.15) is 10.4 Å². The van der Waals surface area contributed by atoms with Crippen molar-refractivity contribution in [2.75, 3.05) is 5.32 Å². The van der Waals surface area contributed by atoms with E-state index in [-0.39, 0.29) is 5.91 Å². The normalized spacial score (nSPS) is 10.8. The molecule has 2 heterocycles. The standard InChI is InChI=1S/C20H14ClN3O/c21-15-8-9-18(24-11-1-2-12-24)16(13-15)20(25)23-17-7-3-5-14-6-4-10-22-19(14)17/h1-13H,(H,23,25). The minimum absolute atomic E-state index is 0.232. The van der Waals surface area contributed by atoms with Gasteiger partial charge in [-0.05, 0) is 42.5 Å². The second-order valence-corrected chi connectivity index (χ2v) is 6.02. The fraction of sp³-hybridized carbons (Fsp3) is 0. The molecule has 0 spiro atoms. The van der Waals surface area contributed by atoms with Gasteiger partial charge in [-0.2, -0.15) is 0 Å². The van der Waals surface area contributed by atoms with Gasteiger partial charge >= 0.3 is 0 Å². The number of rotatable bonds is 3. The van der Waals surface area contributed by atoms with E-state index >= 15 is 0 Å². The monoisotopic (exact) mass is 347 g/mol. The van der Waals surface area contributed by atoms with E-state index in [2.05, 4.69) is 10.3 Å². The van der Waals surface area contributed by atoms with Crippen LogP contribution in [0.25, 0.3) is 16.6 Å². The minimum atomic E-state index is -0.232. The molecule has 0 bridgehead atoms. The third-order valence-corrected chi connectivity index (χ3v) is 4.20. The highest BCUT2D eigenvalue weighted by atomic mass is 35.5. The Morgan fingerprint density at radius 3 is 2.64 bits per heavy atom. The van der Waals surface area contributed by atoms with Crippen molar-refractivity contribution in [3.8, 4) is 5.69 Å². The number of benzene rings is 2. The van der Waals surface area contributed by atoms with Crippen molar-refractivity contribution in [2.45, 2.75) is 0 Å². The first-order valence-electron chi connectivity index (χ1n) is 7.80. The summed E-state index contributed by atoms with van der Waals surface area (Å²) in [6.07, 6.45) is 5.49. The fourth-order valence-electron chi connectivity index (χ4n) is 2.81. The van der Waals surface area contributed by atoms with Gasteiger partial charge in [-0.3, -0.25) is 9.78 Å². The van der Waals surface area contributed by atoms with Crippen molar-refractivity contribution >= 4 is 34.1 Å². The summed E-state index contributed by atoms with van der Waals surface area (Å²) in [5.41, 5.74) is 2.68. The molecule has 0 unspecified atom stereocenters. The molecule has 0 saturated heterocycles. The maximum atomic E-state index is 12.9. The van der Waals surface area contributed by atoms with Crippen molar-refractivity contribution in [1.82, 2.24) is 9.55 Å². The molecule has 0 fully saturated rings. The molecule has 122 valence electrons. The van der Waals surface area contributed by atoms with Gasteiger partial charge in [-0.1, -0.05) is 29.8 Å². The van der Waals surface area contributed by atoms with E-state index in [0.29, 0.717) is 16.3 Å². The molecular weight excluding hydrogens is 334 g/mol. The summed E-state index contributed by atoms with van der Waals surface area (Å²) in [7, 11) is 0. The number of nitrogens with one attached hydrogen (secondary N) is 1. The molecule has 4 rings (SSSR count). The predicted molar refractivity (Wildman–Crippen MR) is 100 cm³/mol. The molecule has 2 aromatic carbocycles. The molecular formula is C20H14ClN3O. The Morgan fingerprint density at radius 1 is 1.00 bits per heavy atom. The van der Waals surface area contributed by atoms with Gasteiger partial charge in [0.2, 0.25) is 0 Å². The number of carbonyl (C=O) groups excluding carboxylic acids is 1.